The second-order valence-corrected chi connectivity index (χ2v) is 6.25. The molecule has 28 heavy (non-hydrogen) atoms. The molecule has 0 spiro atoms. The Balaban J connectivity index is 2.02. The van der Waals surface area contributed by atoms with Crippen molar-refractivity contribution in [2.24, 2.45) is 0 Å². The average Bonchev–Trinajstić information content (AvgIpc) is 2.71. The molecule has 0 fully saturated rings. The number of carbonyl (C=O) groups excluding carboxylic acids is 1. The highest BCUT2D eigenvalue weighted by atomic mass is 16.5. The molecule has 1 N–H and O–H groups in total. The summed E-state index contributed by atoms with van der Waals surface area (Å²) in [6, 6.07) is 10.1. The third kappa shape index (κ3) is 4.94. The van der Waals surface area contributed by atoms with Gasteiger partial charge in [0.15, 0.2) is 11.5 Å². The van der Waals surface area contributed by atoms with E-state index in [1.54, 1.807) is 51.5 Å². The van der Waals surface area contributed by atoms with Gasteiger partial charge in [-0.15, -0.1) is 0 Å². The molecule has 2 aromatic rings. The minimum Gasteiger partial charge on any atom is -0.493 e. The lowest BCUT2D eigenvalue weighted by Gasteiger charge is -2.19. The van der Waals surface area contributed by atoms with Crippen molar-refractivity contribution in [3.63, 3.8) is 0 Å². The first kappa shape index (κ1) is 21.1. The second kappa shape index (κ2) is 9.64. The fourth-order valence-electron chi connectivity index (χ4n) is 2.91. The Bertz CT molecular complexity index is 832. The molecule has 0 atom stereocenters. The van der Waals surface area contributed by atoms with Gasteiger partial charge in [0, 0.05) is 20.0 Å². The van der Waals surface area contributed by atoms with Gasteiger partial charge < -0.3 is 24.2 Å². The van der Waals surface area contributed by atoms with E-state index in [0.29, 0.717) is 36.6 Å². The Morgan fingerprint density at radius 2 is 1.57 bits per heavy atom. The van der Waals surface area contributed by atoms with Gasteiger partial charge in [0.2, 0.25) is 11.7 Å². The molecule has 1 amide bonds. The zero-order chi connectivity index (χ0) is 20.7. The summed E-state index contributed by atoms with van der Waals surface area (Å²) in [4.78, 5) is 25.0. The number of ether oxygens (including phenoxy) is 3. The van der Waals surface area contributed by atoms with Crippen LogP contribution in [0.1, 0.15) is 27.9 Å². The average molecular weight is 387 g/mol. The molecule has 150 valence electrons. The summed E-state index contributed by atoms with van der Waals surface area (Å²) in [7, 11) is 6.37. The van der Waals surface area contributed by atoms with Gasteiger partial charge in [-0.25, -0.2) is 4.79 Å². The van der Waals surface area contributed by atoms with Crippen LogP contribution in [0, 0.1) is 0 Å². The monoisotopic (exact) mass is 387 g/mol. The molecule has 2 rings (SSSR count). The predicted molar refractivity (Wildman–Crippen MR) is 104 cm³/mol. The topological polar surface area (TPSA) is 85.3 Å². The number of hydrogen-bond donors (Lipinski definition) is 1. The van der Waals surface area contributed by atoms with Crippen molar-refractivity contribution < 1.29 is 28.9 Å². The fourth-order valence-corrected chi connectivity index (χ4v) is 2.91. The van der Waals surface area contributed by atoms with Gasteiger partial charge >= 0.3 is 5.97 Å². The SMILES string of the molecule is COc1ccc(CCC(=O)N(C)Cc2ccc(C(=O)O)cc2)c(OC)c1OC. The number of carboxylic acids is 1. The number of rotatable bonds is 9. The molecule has 0 aromatic heterocycles. The lowest BCUT2D eigenvalue weighted by molar-refractivity contribution is -0.130. The van der Waals surface area contributed by atoms with Crippen LogP contribution in [0.25, 0.3) is 0 Å². The molecule has 0 aliphatic carbocycles. The van der Waals surface area contributed by atoms with Gasteiger partial charge in [-0.2, -0.15) is 0 Å². The molecule has 0 bridgehead atoms. The van der Waals surface area contributed by atoms with Gasteiger partial charge in [-0.1, -0.05) is 18.2 Å². The molecule has 0 unspecified atom stereocenters. The zero-order valence-electron chi connectivity index (χ0n) is 16.5. The Morgan fingerprint density at radius 1 is 0.929 bits per heavy atom. The van der Waals surface area contributed by atoms with E-state index in [-0.39, 0.29) is 11.5 Å². The van der Waals surface area contributed by atoms with E-state index < -0.39 is 5.97 Å². The van der Waals surface area contributed by atoms with E-state index in [4.69, 9.17) is 19.3 Å². The van der Waals surface area contributed by atoms with Crippen molar-refractivity contribution >= 4 is 11.9 Å². The fraction of sp³-hybridized carbons (Fsp3) is 0.333. The number of aromatic carboxylic acids is 1. The molecule has 0 radical (unpaired) electrons. The van der Waals surface area contributed by atoms with Crippen LogP contribution in [-0.4, -0.2) is 50.3 Å². The molecule has 7 nitrogen and oxygen atoms in total. The lowest BCUT2D eigenvalue weighted by atomic mass is 10.1. The summed E-state index contributed by atoms with van der Waals surface area (Å²) in [5.74, 6) is 0.624. The zero-order valence-corrected chi connectivity index (χ0v) is 16.5. The van der Waals surface area contributed by atoms with Crippen LogP contribution in [0.4, 0.5) is 0 Å². The molecular weight excluding hydrogens is 362 g/mol. The number of methoxy groups -OCH3 is 3. The van der Waals surface area contributed by atoms with Crippen LogP contribution in [0.3, 0.4) is 0 Å². The standard InChI is InChI=1S/C21H25NO6/c1-22(13-14-5-7-16(8-6-14)21(24)25)18(23)12-10-15-9-11-17(26-2)20(28-4)19(15)27-3/h5-9,11H,10,12-13H2,1-4H3,(H,24,25). The van der Waals surface area contributed by atoms with Gasteiger partial charge in [0.1, 0.15) is 0 Å². The third-order valence-corrected chi connectivity index (χ3v) is 4.44. The number of aryl methyl sites for hydroxylation is 1. The normalized spacial score (nSPS) is 10.3. The van der Waals surface area contributed by atoms with Crippen molar-refractivity contribution in [1.82, 2.24) is 4.90 Å². The van der Waals surface area contributed by atoms with E-state index in [1.807, 2.05) is 6.07 Å². The first-order valence-electron chi connectivity index (χ1n) is 8.75. The Labute approximate surface area is 164 Å². The Kier molecular flexibility index (Phi) is 7.26. The summed E-state index contributed by atoms with van der Waals surface area (Å²) in [5.41, 5.74) is 1.94. The summed E-state index contributed by atoms with van der Waals surface area (Å²) < 4.78 is 16.1. The summed E-state index contributed by atoms with van der Waals surface area (Å²) in [6.45, 7) is 0.405. The van der Waals surface area contributed by atoms with Crippen molar-refractivity contribution in [2.45, 2.75) is 19.4 Å². The molecule has 0 aliphatic heterocycles. The van der Waals surface area contributed by atoms with Crippen molar-refractivity contribution in [3.05, 3.63) is 53.1 Å². The highest BCUT2D eigenvalue weighted by molar-refractivity contribution is 5.87. The minimum absolute atomic E-state index is 0.0286. The van der Waals surface area contributed by atoms with Crippen LogP contribution < -0.4 is 14.2 Å². The predicted octanol–water partition coefficient (Wildman–Crippen LogP) is 3.00. The maximum absolute atomic E-state index is 12.5. The van der Waals surface area contributed by atoms with Crippen LogP contribution in [0.15, 0.2) is 36.4 Å². The first-order chi connectivity index (χ1) is 13.4. The smallest absolute Gasteiger partial charge is 0.335 e. The molecule has 0 heterocycles. The number of amides is 1. The highest BCUT2D eigenvalue weighted by Gasteiger charge is 2.17. The number of carboxylic acid groups (broad SMARTS) is 1. The van der Waals surface area contributed by atoms with Gasteiger partial charge in [0.25, 0.3) is 0 Å². The van der Waals surface area contributed by atoms with Gasteiger partial charge in [-0.05, 0) is 35.7 Å². The quantitative estimate of drug-likeness (QED) is 0.712. The maximum Gasteiger partial charge on any atom is 0.335 e. The molecule has 0 saturated carbocycles. The van der Waals surface area contributed by atoms with E-state index in [1.165, 1.54) is 12.1 Å². The van der Waals surface area contributed by atoms with E-state index in [0.717, 1.165) is 11.1 Å². The van der Waals surface area contributed by atoms with E-state index >= 15 is 0 Å². The lowest BCUT2D eigenvalue weighted by Crippen LogP contribution is -2.26. The summed E-state index contributed by atoms with van der Waals surface area (Å²) in [6.07, 6.45) is 0.792. The maximum atomic E-state index is 12.5. The van der Waals surface area contributed by atoms with Crippen molar-refractivity contribution in [3.8, 4) is 17.2 Å². The highest BCUT2D eigenvalue weighted by Crippen LogP contribution is 2.40. The van der Waals surface area contributed by atoms with Crippen LogP contribution in [0.2, 0.25) is 0 Å². The van der Waals surface area contributed by atoms with E-state index in [9.17, 15) is 9.59 Å². The van der Waals surface area contributed by atoms with Crippen molar-refractivity contribution in [1.29, 1.82) is 0 Å². The van der Waals surface area contributed by atoms with Gasteiger partial charge in [0.05, 0.1) is 26.9 Å². The minimum atomic E-state index is -0.972. The number of hydrogen-bond acceptors (Lipinski definition) is 5. The van der Waals surface area contributed by atoms with Crippen LogP contribution in [-0.2, 0) is 17.8 Å². The molecule has 0 aliphatic rings. The van der Waals surface area contributed by atoms with Crippen molar-refractivity contribution in [2.75, 3.05) is 28.4 Å². The summed E-state index contributed by atoms with van der Waals surface area (Å²) in [5, 5.41) is 8.95. The van der Waals surface area contributed by atoms with E-state index in [2.05, 4.69) is 0 Å². The summed E-state index contributed by atoms with van der Waals surface area (Å²) >= 11 is 0. The molecular formula is C21H25NO6. The Hall–Kier alpha value is -3.22. The number of nitrogens with zero attached hydrogens (tertiary/aromatic N) is 1. The molecule has 0 saturated heterocycles. The number of benzene rings is 2. The molecule has 2 aromatic carbocycles. The number of carbonyl (C=O) groups is 2. The van der Waals surface area contributed by atoms with Gasteiger partial charge in [-0.3, -0.25) is 4.79 Å². The van der Waals surface area contributed by atoms with Crippen LogP contribution in [0.5, 0.6) is 17.2 Å². The first-order valence-corrected chi connectivity index (χ1v) is 8.75. The second-order valence-electron chi connectivity index (χ2n) is 6.25. The molecule has 7 heteroatoms. The largest absolute Gasteiger partial charge is 0.493 e. The third-order valence-electron chi connectivity index (χ3n) is 4.44. The Morgan fingerprint density at radius 3 is 2.11 bits per heavy atom. The van der Waals surface area contributed by atoms with Crippen LogP contribution >= 0.6 is 0 Å².